The Labute approximate surface area is 183 Å². The number of nitrogens with zero attached hydrogens (tertiary/aromatic N) is 1. The summed E-state index contributed by atoms with van der Waals surface area (Å²) >= 11 is 0. The molecule has 3 rings (SSSR count). The number of hydrogen-bond donors (Lipinski definition) is 2. The van der Waals surface area contributed by atoms with E-state index in [1.54, 1.807) is 36.4 Å². The van der Waals surface area contributed by atoms with Crippen LogP contribution in [0.5, 0.6) is 0 Å². The summed E-state index contributed by atoms with van der Waals surface area (Å²) in [5, 5.41) is 5.26. The van der Waals surface area contributed by atoms with Crippen LogP contribution in [0.2, 0.25) is 0 Å². The molecule has 31 heavy (non-hydrogen) atoms. The summed E-state index contributed by atoms with van der Waals surface area (Å²) < 4.78 is 27.6. The van der Waals surface area contributed by atoms with Crippen molar-refractivity contribution in [3.8, 4) is 0 Å². The van der Waals surface area contributed by atoms with Gasteiger partial charge in [-0.1, -0.05) is 36.8 Å². The summed E-state index contributed by atoms with van der Waals surface area (Å²) in [7, 11) is -3.59. The summed E-state index contributed by atoms with van der Waals surface area (Å²) in [5.41, 5.74) is 2.54. The molecule has 8 heteroatoms. The SMILES string of the molecule is Cc1cccc(NC(=O)C(=O)NCCC2CCCCN2S(=O)(=O)c2ccccc2)c1C. The van der Waals surface area contributed by atoms with Gasteiger partial charge in [0, 0.05) is 24.8 Å². The molecule has 0 aromatic heterocycles. The number of piperidine rings is 1. The molecule has 1 unspecified atom stereocenters. The molecule has 1 atom stereocenters. The van der Waals surface area contributed by atoms with Gasteiger partial charge in [0.25, 0.3) is 0 Å². The van der Waals surface area contributed by atoms with Gasteiger partial charge in [0.15, 0.2) is 0 Å². The molecule has 0 spiro atoms. The van der Waals surface area contributed by atoms with E-state index in [4.69, 9.17) is 0 Å². The van der Waals surface area contributed by atoms with Crippen LogP contribution in [-0.4, -0.2) is 43.7 Å². The van der Waals surface area contributed by atoms with E-state index in [9.17, 15) is 18.0 Å². The maximum atomic E-state index is 13.0. The van der Waals surface area contributed by atoms with Gasteiger partial charge < -0.3 is 10.6 Å². The molecular formula is C23H29N3O4S. The third kappa shape index (κ3) is 5.51. The Morgan fingerprint density at radius 1 is 1.00 bits per heavy atom. The van der Waals surface area contributed by atoms with Crippen molar-refractivity contribution in [3.05, 3.63) is 59.7 Å². The Hall–Kier alpha value is -2.71. The second-order valence-electron chi connectivity index (χ2n) is 7.82. The fourth-order valence-electron chi connectivity index (χ4n) is 3.80. The number of hydrogen-bond acceptors (Lipinski definition) is 4. The predicted octanol–water partition coefficient (Wildman–Crippen LogP) is 2.99. The van der Waals surface area contributed by atoms with Crippen LogP contribution in [0.1, 0.15) is 36.8 Å². The zero-order chi connectivity index (χ0) is 22.4. The molecule has 1 saturated heterocycles. The zero-order valence-corrected chi connectivity index (χ0v) is 18.7. The average molecular weight is 444 g/mol. The van der Waals surface area contributed by atoms with Crippen LogP contribution in [0, 0.1) is 13.8 Å². The van der Waals surface area contributed by atoms with Crippen LogP contribution in [0.3, 0.4) is 0 Å². The molecule has 0 bridgehead atoms. The zero-order valence-electron chi connectivity index (χ0n) is 17.9. The molecule has 1 aliphatic heterocycles. The number of rotatable bonds is 6. The molecule has 2 N–H and O–H groups in total. The van der Waals surface area contributed by atoms with E-state index in [0.717, 1.165) is 30.4 Å². The van der Waals surface area contributed by atoms with Crippen molar-refractivity contribution < 1.29 is 18.0 Å². The molecule has 0 saturated carbocycles. The van der Waals surface area contributed by atoms with Crippen LogP contribution in [0.15, 0.2) is 53.4 Å². The van der Waals surface area contributed by atoms with E-state index in [0.29, 0.717) is 18.7 Å². The summed E-state index contributed by atoms with van der Waals surface area (Å²) in [6.07, 6.45) is 2.94. The molecule has 2 aromatic rings. The number of amides is 2. The van der Waals surface area contributed by atoms with Gasteiger partial charge in [-0.15, -0.1) is 0 Å². The minimum atomic E-state index is -3.59. The van der Waals surface area contributed by atoms with Crippen LogP contribution >= 0.6 is 0 Å². The van der Waals surface area contributed by atoms with Gasteiger partial charge in [-0.25, -0.2) is 8.42 Å². The van der Waals surface area contributed by atoms with E-state index in [1.807, 2.05) is 26.0 Å². The molecule has 0 radical (unpaired) electrons. The van der Waals surface area contributed by atoms with E-state index in [1.165, 1.54) is 4.31 Å². The van der Waals surface area contributed by atoms with Crippen molar-refractivity contribution in [2.45, 2.75) is 50.5 Å². The first-order valence-corrected chi connectivity index (χ1v) is 12.0. The average Bonchev–Trinajstić information content (AvgIpc) is 2.77. The van der Waals surface area contributed by atoms with E-state index >= 15 is 0 Å². The lowest BCUT2D eigenvalue weighted by Crippen LogP contribution is -2.45. The van der Waals surface area contributed by atoms with Crippen molar-refractivity contribution >= 4 is 27.5 Å². The third-order valence-electron chi connectivity index (χ3n) is 5.75. The van der Waals surface area contributed by atoms with Crippen molar-refractivity contribution in [3.63, 3.8) is 0 Å². The number of sulfonamides is 1. The Bertz CT molecular complexity index is 1040. The number of aryl methyl sites for hydroxylation is 1. The number of nitrogens with one attached hydrogen (secondary N) is 2. The van der Waals surface area contributed by atoms with Gasteiger partial charge in [-0.05, 0) is 62.4 Å². The highest BCUT2D eigenvalue weighted by molar-refractivity contribution is 7.89. The standard InChI is InChI=1S/C23H29N3O4S/c1-17-9-8-13-21(18(17)2)25-23(28)22(27)24-15-14-19-10-6-7-16-26(19)31(29,30)20-11-4-3-5-12-20/h3-5,8-9,11-13,19H,6-7,10,14-16H2,1-2H3,(H,24,27)(H,25,28). The van der Waals surface area contributed by atoms with Gasteiger partial charge in [-0.2, -0.15) is 4.31 Å². The van der Waals surface area contributed by atoms with Crippen molar-refractivity contribution in [1.29, 1.82) is 0 Å². The topological polar surface area (TPSA) is 95.6 Å². The maximum absolute atomic E-state index is 13.0. The predicted molar refractivity (Wildman–Crippen MR) is 120 cm³/mol. The second-order valence-corrected chi connectivity index (χ2v) is 9.72. The Morgan fingerprint density at radius 3 is 2.48 bits per heavy atom. The molecule has 1 heterocycles. The Balaban J connectivity index is 1.57. The van der Waals surface area contributed by atoms with Gasteiger partial charge >= 0.3 is 11.8 Å². The largest absolute Gasteiger partial charge is 0.348 e. The van der Waals surface area contributed by atoms with E-state index in [-0.39, 0.29) is 17.5 Å². The monoisotopic (exact) mass is 443 g/mol. The fourth-order valence-corrected chi connectivity index (χ4v) is 5.55. The Morgan fingerprint density at radius 2 is 1.74 bits per heavy atom. The number of anilines is 1. The lowest BCUT2D eigenvalue weighted by Gasteiger charge is -2.34. The van der Waals surface area contributed by atoms with Crippen LogP contribution in [-0.2, 0) is 19.6 Å². The van der Waals surface area contributed by atoms with E-state index < -0.39 is 21.8 Å². The minimum absolute atomic E-state index is 0.207. The highest BCUT2D eigenvalue weighted by Gasteiger charge is 2.33. The third-order valence-corrected chi connectivity index (χ3v) is 7.71. The molecule has 0 aliphatic carbocycles. The molecule has 7 nitrogen and oxygen atoms in total. The van der Waals surface area contributed by atoms with E-state index in [2.05, 4.69) is 10.6 Å². The smallest absolute Gasteiger partial charge is 0.313 e. The number of benzene rings is 2. The van der Waals surface area contributed by atoms with Gasteiger partial charge in [0.05, 0.1) is 4.90 Å². The maximum Gasteiger partial charge on any atom is 0.313 e. The second kappa shape index (κ2) is 10.1. The highest BCUT2D eigenvalue weighted by atomic mass is 32.2. The van der Waals surface area contributed by atoms with Gasteiger partial charge in [-0.3, -0.25) is 9.59 Å². The fraction of sp³-hybridized carbons (Fsp3) is 0.391. The first-order valence-electron chi connectivity index (χ1n) is 10.5. The first-order chi connectivity index (χ1) is 14.8. The lowest BCUT2D eigenvalue weighted by molar-refractivity contribution is -0.136. The molecule has 1 fully saturated rings. The Kier molecular flexibility index (Phi) is 7.46. The van der Waals surface area contributed by atoms with Gasteiger partial charge in [0.1, 0.15) is 0 Å². The number of carbonyl (C=O) groups is 2. The summed E-state index contributed by atoms with van der Waals surface area (Å²) in [6.45, 7) is 4.51. The quantitative estimate of drug-likeness (QED) is 0.671. The minimum Gasteiger partial charge on any atom is -0.348 e. The molecule has 1 aliphatic rings. The summed E-state index contributed by atoms with van der Waals surface area (Å²) in [4.78, 5) is 24.7. The normalized spacial score (nSPS) is 17.2. The van der Waals surface area contributed by atoms with Gasteiger partial charge in [0.2, 0.25) is 10.0 Å². The highest BCUT2D eigenvalue weighted by Crippen LogP contribution is 2.26. The molecule has 166 valence electrons. The lowest BCUT2D eigenvalue weighted by atomic mass is 10.0. The summed E-state index contributed by atoms with van der Waals surface area (Å²) in [5.74, 6) is -1.46. The molecule has 2 aromatic carbocycles. The molecular weight excluding hydrogens is 414 g/mol. The van der Waals surface area contributed by atoms with Crippen molar-refractivity contribution in [2.24, 2.45) is 0 Å². The van der Waals surface area contributed by atoms with Crippen molar-refractivity contribution in [1.82, 2.24) is 9.62 Å². The van der Waals surface area contributed by atoms with Crippen molar-refractivity contribution in [2.75, 3.05) is 18.4 Å². The van der Waals surface area contributed by atoms with Crippen LogP contribution in [0.4, 0.5) is 5.69 Å². The number of carbonyl (C=O) groups excluding carboxylic acids is 2. The first kappa shape index (κ1) is 23.0. The van der Waals surface area contributed by atoms with Crippen LogP contribution < -0.4 is 10.6 Å². The molecule has 2 amide bonds. The van der Waals surface area contributed by atoms with Crippen LogP contribution in [0.25, 0.3) is 0 Å². The summed E-state index contributed by atoms with van der Waals surface area (Å²) in [6, 6.07) is 13.7.